The Balaban J connectivity index is 1.91. The van der Waals surface area contributed by atoms with Crippen molar-refractivity contribution in [3.63, 3.8) is 0 Å². The molecule has 2 N–H and O–H groups in total. The van der Waals surface area contributed by atoms with Crippen molar-refractivity contribution in [3.8, 4) is 11.8 Å². The molecule has 0 saturated carbocycles. The van der Waals surface area contributed by atoms with Crippen LogP contribution in [0.25, 0.3) is 0 Å². The first-order chi connectivity index (χ1) is 14.2. The van der Waals surface area contributed by atoms with Crippen molar-refractivity contribution < 1.29 is 17.9 Å². The minimum absolute atomic E-state index is 0.0233. The molecule has 1 aromatic heterocycles. The van der Waals surface area contributed by atoms with Crippen molar-refractivity contribution in [2.75, 3.05) is 10.6 Å². The maximum Gasteiger partial charge on any atom is 0.421 e. The van der Waals surface area contributed by atoms with E-state index in [0.717, 1.165) is 6.20 Å². The zero-order valence-electron chi connectivity index (χ0n) is 16.2. The molecule has 9 heteroatoms. The quantitative estimate of drug-likeness (QED) is 0.544. The summed E-state index contributed by atoms with van der Waals surface area (Å²) in [4.78, 5) is 7.77. The molecular weight excluding hydrogens is 395 g/mol. The highest BCUT2D eigenvalue weighted by molar-refractivity contribution is 5.64. The lowest BCUT2D eigenvalue weighted by Gasteiger charge is -2.16. The van der Waals surface area contributed by atoms with E-state index in [2.05, 4.69) is 20.6 Å². The van der Waals surface area contributed by atoms with E-state index in [1.807, 2.05) is 19.9 Å². The Morgan fingerprint density at radius 2 is 1.77 bits per heavy atom. The van der Waals surface area contributed by atoms with Crippen LogP contribution in [0.1, 0.15) is 25.0 Å². The molecule has 6 nitrogen and oxygen atoms in total. The fraction of sp³-hybridized carbons (Fsp3) is 0.190. The number of halogens is 3. The standard InChI is InChI=1S/C21H18F3N5O/c1-13(2)30-17-5-3-4-16(10-17)27-19-18(21(22,23)24)12-26-20(29-19)28-15-8-6-14(11-25)7-9-15/h3-10,12-13H,1-2H3,(H2,26,27,28,29). The van der Waals surface area contributed by atoms with Crippen molar-refractivity contribution in [2.45, 2.75) is 26.1 Å². The van der Waals surface area contributed by atoms with Crippen LogP contribution in [0.2, 0.25) is 0 Å². The molecule has 0 unspecified atom stereocenters. The van der Waals surface area contributed by atoms with Gasteiger partial charge in [0.2, 0.25) is 5.95 Å². The van der Waals surface area contributed by atoms with E-state index < -0.39 is 17.6 Å². The van der Waals surface area contributed by atoms with Gasteiger partial charge in [-0.3, -0.25) is 0 Å². The molecule has 0 aliphatic heterocycles. The highest BCUT2D eigenvalue weighted by atomic mass is 19.4. The Morgan fingerprint density at radius 3 is 2.40 bits per heavy atom. The van der Waals surface area contributed by atoms with Gasteiger partial charge in [-0.1, -0.05) is 6.07 Å². The lowest BCUT2D eigenvalue weighted by molar-refractivity contribution is -0.137. The van der Waals surface area contributed by atoms with Gasteiger partial charge in [-0.2, -0.15) is 23.4 Å². The first kappa shape index (κ1) is 20.9. The number of ether oxygens (including phenoxy) is 1. The number of nitrogens with one attached hydrogen (secondary N) is 2. The number of hydrogen-bond donors (Lipinski definition) is 2. The monoisotopic (exact) mass is 413 g/mol. The van der Waals surface area contributed by atoms with E-state index >= 15 is 0 Å². The van der Waals surface area contributed by atoms with Crippen molar-refractivity contribution in [1.29, 1.82) is 5.26 Å². The lowest BCUT2D eigenvalue weighted by Crippen LogP contribution is -2.12. The molecule has 1 heterocycles. The third-order valence-electron chi connectivity index (χ3n) is 3.83. The SMILES string of the molecule is CC(C)Oc1cccc(Nc2nc(Nc3ccc(C#N)cc3)ncc2C(F)(F)F)c1. The van der Waals surface area contributed by atoms with E-state index in [0.29, 0.717) is 22.7 Å². The maximum atomic E-state index is 13.4. The van der Waals surface area contributed by atoms with E-state index in [4.69, 9.17) is 10.00 Å². The number of hydrogen-bond acceptors (Lipinski definition) is 6. The molecular formula is C21H18F3N5O. The van der Waals surface area contributed by atoms with Gasteiger partial charge < -0.3 is 15.4 Å². The third kappa shape index (κ3) is 5.38. The molecule has 0 atom stereocenters. The second-order valence-electron chi connectivity index (χ2n) is 6.59. The van der Waals surface area contributed by atoms with Crippen LogP contribution in [0.5, 0.6) is 5.75 Å². The summed E-state index contributed by atoms with van der Waals surface area (Å²) >= 11 is 0. The van der Waals surface area contributed by atoms with Crippen LogP contribution in [0, 0.1) is 11.3 Å². The van der Waals surface area contributed by atoms with E-state index in [1.54, 1.807) is 48.5 Å². The summed E-state index contributed by atoms with van der Waals surface area (Å²) in [6.45, 7) is 3.71. The van der Waals surface area contributed by atoms with Crippen molar-refractivity contribution >= 4 is 23.1 Å². The lowest BCUT2D eigenvalue weighted by atomic mass is 10.2. The van der Waals surface area contributed by atoms with Gasteiger partial charge in [-0.05, 0) is 50.2 Å². The fourth-order valence-electron chi connectivity index (χ4n) is 2.56. The molecule has 3 aromatic rings. The van der Waals surface area contributed by atoms with Gasteiger partial charge >= 0.3 is 6.18 Å². The Bertz CT molecular complexity index is 1060. The van der Waals surface area contributed by atoms with Crippen molar-refractivity contribution in [1.82, 2.24) is 9.97 Å². The van der Waals surface area contributed by atoms with Gasteiger partial charge in [-0.25, -0.2) is 4.98 Å². The van der Waals surface area contributed by atoms with Gasteiger partial charge in [-0.15, -0.1) is 0 Å². The molecule has 0 radical (unpaired) electrons. The second kappa shape index (κ2) is 8.69. The number of nitriles is 1. The van der Waals surface area contributed by atoms with Crippen LogP contribution in [0.3, 0.4) is 0 Å². The normalized spacial score (nSPS) is 11.1. The predicted molar refractivity (Wildman–Crippen MR) is 107 cm³/mol. The Morgan fingerprint density at radius 1 is 1.03 bits per heavy atom. The first-order valence-corrected chi connectivity index (χ1v) is 9.00. The highest BCUT2D eigenvalue weighted by Gasteiger charge is 2.35. The van der Waals surface area contributed by atoms with Crippen LogP contribution in [-0.4, -0.2) is 16.1 Å². The zero-order valence-corrected chi connectivity index (χ0v) is 16.2. The molecule has 0 spiro atoms. The zero-order chi connectivity index (χ0) is 21.7. The van der Waals surface area contributed by atoms with Crippen molar-refractivity contribution in [2.24, 2.45) is 0 Å². The van der Waals surface area contributed by atoms with Crippen LogP contribution < -0.4 is 15.4 Å². The number of benzene rings is 2. The average molecular weight is 413 g/mol. The first-order valence-electron chi connectivity index (χ1n) is 9.00. The topological polar surface area (TPSA) is 82.9 Å². The van der Waals surface area contributed by atoms with Gasteiger partial charge in [0.15, 0.2) is 0 Å². The summed E-state index contributed by atoms with van der Waals surface area (Å²) < 4.78 is 45.9. The molecule has 154 valence electrons. The molecule has 0 fully saturated rings. The van der Waals surface area contributed by atoms with Crippen LogP contribution in [-0.2, 0) is 6.18 Å². The Hall–Kier alpha value is -3.80. The highest BCUT2D eigenvalue weighted by Crippen LogP contribution is 2.35. The maximum absolute atomic E-state index is 13.4. The average Bonchev–Trinajstić information content (AvgIpc) is 2.67. The summed E-state index contributed by atoms with van der Waals surface area (Å²) in [5, 5.41) is 14.4. The number of anilines is 4. The fourth-order valence-corrected chi connectivity index (χ4v) is 2.56. The minimum Gasteiger partial charge on any atom is -0.491 e. The summed E-state index contributed by atoms with van der Waals surface area (Å²) in [6.07, 6.45) is -4.00. The number of nitrogens with zero attached hydrogens (tertiary/aromatic N) is 3. The Labute approximate surface area is 171 Å². The molecule has 0 amide bonds. The van der Waals surface area contributed by atoms with Crippen LogP contribution >= 0.6 is 0 Å². The summed E-state index contributed by atoms with van der Waals surface area (Å²) in [7, 11) is 0. The molecule has 0 bridgehead atoms. The molecule has 0 aliphatic carbocycles. The van der Waals surface area contributed by atoms with E-state index in [1.165, 1.54) is 0 Å². The number of alkyl halides is 3. The van der Waals surface area contributed by atoms with Crippen molar-refractivity contribution in [3.05, 3.63) is 65.9 Å². The molecule has 3 rings (SSSR count). The van der Waals surface area contributed by atoms with Gasteiger partial charge in [0.25, 0.3) is 0 Å². The smallest absolute Gasteiger partial charge is 0.421 e. The second-order valence-corrected chi connectivity index (χ2v) is 6.59. The van der Waals surface area contributed by atoms with Gasteiger partial charge in [0, 0.05) is 23.6 Å². The summed E-state index contributed by atoms with van der Waals surface area (Å²) in [6, 6.07) is 15.0. The summed E-state index contributed by atoms with van der Waals surface area (Å²) in [5.41, 5.74) is 0.386. The van der Waals surface area contributed by atoms with Crippen LogP contribution in [0.15, 0.2) is 54.7 Å². The third-order valence-corrected chi connectivity index (χ3v) is 3.83. The predicted octanol–water partition coefficient (Wildman–Crippen LogP) is 5.64. The van der Waals surface area contributed by atoms with Gasteiger partial charge in [0.05, 0.1) is 17.7 Å². The molecule has 0 saturated heterocycles. The summed E-state index contributed by atoms with van der Waals surface area (Å²) in [5.74, 6) is 0.105. The molecule has 0 aliphatic rings. The van der Waals surface area contributed by atoms with Crippen LogP contribution in [0.4, 0.5) is 36.3 Å². The number of aromatic nitrogens is 2. The van der Waals surface area contributed by atoms with E-state index in [-0.39, 0.29) is 12.1 Å². The minimum atomic E-state index is -4.64. The molecule has 30 heavy (non-hydrogen) atoms. The van der Waals surface area contributed by atoms with Gasteiger partial charge in [0.1, 0.15) is 17.1 Å². The Kier molecular flexibility index (Phi) is 6.06. The number of rotatable bonds is 6. The van der Waals surface area contributed by atoms with E-state index in [9.17, 15) is 13.2 Å². The largest absolute Gasteiger partial charge is 0.491 e. The molecule has 2 aromatic carbocycles.